The van der Waals surface area contributed by atoms with Crippen LogP contribution in [-0.2, 0) is 4.74 Å². The van der Waals surface area contributed by atoms with E-state index in [-0.39, 0.29) is 11.6 Å². The van der Waals surface area contributed by atoms with Gasteiger partial charge >= 0.3 is 5.97 Å². The molecule has 1 aliphatic heterocycles. The predicted molar refractivity (Wildman–Crippen MR) is 123 cm³/mol. The van der Waals surface area contributed by atoms with Gasteiger partial charge in [-0.05, 0) is 42.8 Å². The van der Waals surface area contributed by atoms with Crippen molar-refractivity contribution in [2.45, 2.75) is 12.8 Å². The van der Waals surface area contributed by atoms with Crippen LogP contribution in [-0.4, -0.2) is 23.9 Å². The molecule has 1 aliphatic rings. The number of esters is 1. The van der Waals surface area contributed by atoms with E-state index in [2.05, 4.69) is 11.1 Å². The molecule has 0 fully saturated rings. The van der Waals surface area contributed by atoms with Gasteiger partial charge in [0.15, 0.2) is 0 Å². The molecule has 1 heterocycles. The first-order valence-corrected chi connectivity index (χ1v) is 10.3. The largest absolute Gasteiger partial charge is 0.507 e. The molecule has 0 aliphatic carbocycles. The summed E-state index contributed by atoms with van der Waals surface area (Å²) in [5.41, 5.74) is 9.36. The van der Waals surface area contributed by atoms with E-state index in [1.54, 1.807) is 37.3 Å². The number of benzene rings is 3. The molecule has 7 nitrogen and oxygen atoms in total. The minimum atomic E-state index is -0.434. The first kappa shape index (κ1) is 21.7. The highest BCUT2D eigenvalue weighted by Crippen LogP contribution is 2.44. The standard InChI is InChI=1S/C26H21N3O4/c1-2-32-26(31)17-8-10-19(11-9-17)29-15-18-12-20-23(13-22(18)30)33-25(28)21(14-27)24(20)16-6-4-3-5-7-16/h3-13,15,24,30H,2,28H2,1H3/t24-/m0/s1. The molecule has 3 N–H and O–H groups in total. The molecule has 0 unspecified atom stereocenters. The first-order chi connectivity index (χ1) is 16.0. The Balaban J connectivity index is 1.69. The van der Waals surface area contributed by atoms with Gasteiger partial charge in [-0.1, -0.05) is 30.3 Å². The second-order valence-electron chi connectivity index (χ2n) is 7.31. The van der Waals surface area contributed by atoms with E-state index in [9.17, 15) is 15.2 Å². The zero-order valence-electron chi connectivity index (χ0n) is 17.9. The Morgan fingerprint density at radius 1 is 1.21 bits per heavy atom. The highest BCUT2D eigenvalue weighted by atomic mass is 16.5. The van der Waals surface area contributed by atoms with E-state index < -0.39 is 11.9 Å². The molecule has 33 heavy (non-hydrogen) atoms. The van der Waals surface area contributed by atoms with Crippen LogP contribution in [0.1, 0.15) is 39.9 Å². The molecule has 0 aromatic heterocycles. The molecule has 0 radical (unpaired) electrons. The number of ether oxygens (including phenoxy) is 2. The maximum atomic E-state index is 11.8. The number of allylic oxidation sites excluding steroid dienone is 1. The van der Waals surface area contributed by atoms with Crippen LogP contribution < -0.4 is 10.5 Å². The smallest absolute Gasteiger partial charge is 0.338 e. The van der Waals surface area contributed by atoms with Crippen molar-refractivity contribution in [1.82, 2.24) is 0 Å². The third kappa shape index (κ3) is 4.41. The molecule has 1 atom stereocenters. The SMILES string of the molecule is CCOC(=O)c1ccc(N=Cc2cc3c(cc2O)OC(N)=C(C#N)[C@H]3c2ccccc2)cc1. The van der Waals surface area contributed by atoms with Gasteiger partial charge in [-0.2, -0.15) is 5.26 Å². The van der Waals surface area contributed by atoms with Crippen molar-refractivity contribution in [3.05, 3.63) is 100 Å². The molecule has 3 aromatic rings. The summed E-state index contributed by atoms with van der Waals surface area (Å²) in [6.45, 7) is 2.05. The fraction of sp³-hybridized carbons (Fsp3) is 0.115. The molecule has 0 saturated heterocycles. The quantitative estimate of drug-likeness (QED) is 0.445. The van der Waals surface area contributed by atoms with Crippen molar-refractivity contribution in [1.29, 1.82) is 5.26 Å². The van der Waals surface area contributed by atoms with Gasteiger partial charge < -0.3 is 20.3 Å². The van der Waals surface area contributed by atoms with Gasteiger partial charge in [-0.3, -0.25) is 4.99 Å². The summed E-state index contributed by atoms with van der Waals surface area (Å²) in [5.74, 6) is -0.472. The van der Waals surface area contributed by atoms with Crippen LogP contribution in [0.5, 0.6) is 11.5 Å². The van der Waals surface area contributed by atoms with Crippen LogP contribution in [0.3, 0.4) is 0 Å². The second-order valence-corrected chi connectivity index (χ2v) is 7.31. The molecule has 0 spiro atoms. The first-order valence-electron chi connectivity index (χ1n) is 10.3. The molecular formula is C26H21N3O4. The Hall–Kier alpha value is -4.57. The maximum absolute atomic E-state index is 11.8. The van der Waals surface area contributed by atoms with Gasteiger partial charge in [-0.25, -0.2) is 4.79 Å². The third-order valence-electron chi connectivity index (χ3n) is 5.23. The summed E-state index contributed by atoms with van der Waals surface area (Å²) in [6, 6.07) is 21.5. The minimum absolute atomic E-state index is 0.0151. The van der Waals surface area contributed by atoms with E-state index in [0.717, 1.165) is 5.56 Å². The summed E-state index contributed by atoms with van der Waals surface area (Å²) in [7, 11) is 0. The molecule has 3 aromatic carbocycles. The van der Waals surface area contributed by atoms with Crippen molar-refractivity contribution >= 4 is 17.9 Å². The highest BCUT2D eigenvalue weighted by molar-refractivity contribution is 5.90. The van der Waals surface area contributed by atoms with Crippen molar-refractivity contribution < 1.29 is 19.4 Å². The lowest BCUT2D eigenvalue weighted by atomic mass is 9.83. The van der Waals surface area contributed by atoms with Gasteiger partial charge in [0.25, 0.3) is 0 Å². The Labute approximate surface area is 191 Å². The Morgan fingerprint density at radius 2 is 1.94 bits per heavy atom. The summed E-state index contributed by atoms with van der Waals surface area (Å²) in [6.07, 6.45) is 1.52. The highest BCUT2D eigenvalue weighted by Gasteiger charge is 2.31. The number of aliphatic imine (C=N–C) groups is 1. The monoisotopic (exact) mass is 439 g/mol. The average Bonchev–Trinajstić information content (AvgIpc) is 2.83. The Kier molecular flexibility index (Phi) is 6.09. The summed E-state index contributed by atoms with van der Waals surface area (Å²) < 4.78 is 10.6. The molecule has 4 rings (SSSR count). The molecule has 164 valence electrons. The number of carbonyl (C=O) groups excluding carboxylic acids is 1. The van der Waals surface area contributed by atoms with E-state index in [4.69, 9.17) is 15.2 Å². The van der Waals surface area contributed by atoms with Crippen LogP contribution in [0.15, 0.2) is 83.2 Å². The van der Waals surface area contributed by atoms with E-state index in [0.29, 0.717) is 40.3 Å². The topological polar surface area (TPSA) is 118 Å². The van der Waals surface area contributed by atoms with Gasteiger partial charge in [0.2, 0.25) is 5.88 Å². The predicted octanol–water partition coefficient (Wildman–Crippen LogP) is 4.54. The number of phenols is 1. The number of fused-ring (bicyclic) bond motifs is 1. The van der Waals surface area contributed by atoms with Gasteiger partial charge in [0.1, 0.15) is 23.1 Å². The normalized spacial score (nSPS) is 15.0. The van der Waals surface area contributed by atoms with Crippen LogP contribution in [0.2, 0.25) is 0 Å². The molecule has 0 amide bonds. The number of hydrogen-bond acceptors (Lipinski definition) is 7. The molecule has 7 heteroatoms. The Bertz CT molecular complexity index is 1290. The lowest BCUT2D eigenvalue weighted by molar-refractivity contribution is 0.0526. The number of hydrogen-bond donors (Lipinski definition) is 2. The number of nitriles is 1. The van der Waals surface area contributed by atoms with Crippen LogP contribution in [0.25, 0.3) is 0 Å². The van der Waals surface area contributed by atoms with Gasteiger partial charge in [0, 0.05) is 23.4 Å². The molecule has 0 saturated carbocycles. The lowest BCUT2D eigenvalue weighted by Crippen LogP contribution is -2.21. The molecular weight excluding hydrogens is 418 g/mol. The Morgan fingerprint density at radius 3 is 2.61 bits per heavy atom. The summed E-state index contributed by atoms with van der Waals surface area (Å²) >= 11 is 0. The van der Waals surface area contributed by atoms with Crippen LogP contribution in [0, 0.1) is 11.3 Å². The lowest BCUT2D eigenvalue weighted by Gasteiger charge is -2.27. The van der Waals surface area contributed by atoms with Crippen molar-refractivity contribution in [2.75, 3.05) is 6.61 Å². The maximum Gasteiger partial charge on any atom is 0.338 e. The number of rotatable bonds is 5. The number of nitrogens with zero attached hydrogens (tertiary/aromatic N) is 2. The zero-order chi connectivity index (χ0) is 23.4. The van der Waals surface area contributed by atoms with Crippen molar-refractivity contribution in [3.8, 4) is 17.6 Å². The van der Waals surface area contributed by atoms with E-state index in [1.165, 1.54) is 12.3 Å². The average molecular weight is 439 g/mol. The summed E-state index contributed by atoms with van der Waals surface area (Å²) in [4.78, 5) is 16.2. The number of nitrogens with two attached hydrogens (primary N) is 1. The number of aromatic hydroxyl groups is 1. The van der Waals surface area contributed by atoms with Crippen LogP contribution in [0.4, 0.5) is 5.69 Å². The fourth-order valence-corrected chi connectivity index (χ4v) is 3.65. The fourth-order valence-electron chi connectivity index (χ4n) is 3.65. The number of phenolic OH excluding ortho intramolecular Hbond substituents is 1. The molecule has 0 bridgehead atoms. The zero-order valence-corrected chi connectivity index (χ0v) is 17.9. The minimum Gasteiger partial charge on any atom is -0.507 e. The van der Waals surface area contributed by atoms with E-state index >= 15 is 0 Å². The van der Waals surface area contributed by atoms with Gasteiger partial charge in [-0.15, -0.1) is 0 Å². The number of carbonyl (C=O) groups is 1. The van der Waals surface area contributed by atoms with E-state index in [1.807, 2.05) is 30.3 Å². The van der Waals surface area contributed by atoms with Crippen molar-refractivity contribution in [2.24, 2.45) is 10.7 Å². The second kappa shape index (κ2) is 9.28. The third-order valence-corrected chi connectivity index (χ3v) is 5.23. The van der Waals surface area contributed by atoms with Crippen molar-refractivity contribution in [3.63, 3.8) is 0 Å². The van der Waals surface area contributed by atoms with Crippen LogP contribution >= 0.6 is 0 Å². The summed E-state index contributed by atoms with van der Waals surface area (Å²) in [5, 5.41) is 20.2. The van der Waals surface area contributed by atoms with Gasteiger partial charge in [0.05, 0.1) is 23.8 Å².